The van der Waals surface area contributed by atoms with Crippen molar-refractivity contribution >= 4 is 35.6 Å². The van der Waals surface area contributed by atoms with Crippen LogP contribution in [0.3, 0.4) is 0 Å². The standard InChI is InChI=1S/C29H54N2O7S/c1-4-6-7-8-9-10-11-12-13-14-15-16-17-19-27(33)37-20-21-39-23-24(30)28(34)31-25(29(35)36-3)22-38-26(32)18-5-2/h24-25H,4-23,30H2,1-3H3,(H,31,34)/t24-,25+/m1/s1. The first kappa shape index (κ1) is 37.2. The number of carbonyl (C=O) groups is 4. The fourth-order valence-electron chi connectivity index (χ4n) is 3.90. The lowest BCUT2D eigenvalue weighted by Crippen LogP contribution is -2.51. The summed E-state index contributed by atoms with van der Waals surface area (Å²) in [6, 6.07) is -2.00. The molecular weight excluding hydrogens is 520 g/mol. The van der Waals surface area contributed by atoms with E-state index in [1.807, 2.05) is 6.92 Å². The normalized spacial score (nSPS) is 12.4. The Hall–Kier alpha value is -1.81. The SMILES string of the molecule is CCCCCCCCCCCCCCCC(=O)OCCSC[C@@H](N)C(=O)N[C@@H](COC(=O)CCC)C(=O)OC. The highest BCUT2D eigenvalue weighted by atomic mass is 32.2. The summed E-state index contributed by atoms with van der Waals surface area (Å²) in [6.45, 7) is 4.03. The molecule has 10 heteroatoms. The third-order valence-corrected chi connectivity index (χ3v) is 7.33. The van der Waals surface area contributed by atoms with Crippen molar-refractivity contribution in [3.05, 3.63) is 0 Å². The zero-order chi connectivity index (χ0) is 29.1. The second-order valence-electron chi connectivity index (χ2n) is 9.91. The van der Waals surface area contributed by atoms with Crippen LogP contribution in [0.2, 0.25) is 0 Å². The molecule has 0 unspecified atom stereocenters. The maximum absolute atomic E-state index is 12.3. The molecule has 0 aromatic heterocycles. The molecule has 0 fully saturated rings. The Labute approximate surface area is 240 Å². The third kappa shape index (κ3) is 22.7. The highest BCUT2D eigenvalue weighted by Gasteiger charge is 2.26. The summed E-state index contributed by atoms with van der Waals surface area (Å²) in [5.74, 6) is -1.12. The lowest BCUT2D eigenvalue weighted by Gasteiger charge is -2.19. The predicted octanol–water partition coefficient (Wildman–Crippen LogP) is 5.07. The van der Waals surface area contributed by atoms with Gasteiger partial charge < -0.3 is 25.3 Å². The molecule has 0 bridgehead atoms. The minimum absolute atomic E-state index is 0.195. The summed E-state index contributed by atoms with van der Waals surface area (Å²) in [7, 11) is 1.19. The Morgan fingerprint density at radius 2 is 1.28 bits per heavy atom. The van der Waals surface area contributed by atoms with Gasteiger partial charge in [0.2, 0.25) is 5.91 Å². The number of esters is 3. The Morgan fingerprint density at radius 3 is 1.82 bits per heavy atom. The summed E-state index contributed by atoms with van der Waals surface area (Å²) in [5.41, 5.74) is 5.91. The lowest BCUT2D eigenvalue weighted by atomic mass is 10.0. The van der Waals surface area contributed by atoms with E-state index in [2.05, 4.69) is 17.0 Å². The molecule has 0 heterocycles. The molecule has 3 N–H and O–H groups in total. The van der Waals surface area contributed by atoms with E-state index in [1.165, 1.54) is 83.1 Å². The second-order valence-corrected chi connectivity index (χ2v) is 11.1. The zero-order valence-corrected chi connectivity index (χ0v) is 25.5. The molecule has 0 aliphatic carbocycles. The van der Waals surface area contributed by atoms with Crippen LogP contribution in [0, 0.1) is 0 Å². The summed E-state index contributed by atoms with van der Waals surface area (Å²) in [4.78, 5) is 47.7. The third-order valence-electron chi connectivity index (χ3n) is 6.28. The second kappa shape index (κ2) is 26.4. The van der Waals surface area contributed by atoms with Crippen molar-refractivity contribution in [3.8, 4) is 0 Å². The number of rotatable bonds is 26. The first-order chi connectivity index (χ1) is 18.8. The van der Waals surface area contributed by atoms with Crippen molar-refractivity contribution in [2.75, 3.05) is 31.8 Å². The largest absolute Gasteiger partial charge is 0.467 e. The number of hydrogen-bond acceptors (Lipinski definition) is 9. The van der Waals surface area contributed by atoms with Crippen molar-refractivity contribution in [2.45, 2.75) is 129 Å². The average molecular weight is 575 g/mol. The van der Waals surface area contributed by atoms with E-state index in [-0.39, 0.29) is 31.4 Å². The summed E-state index contributed by atoms with van der Waals surface area (Å²) < 4.78 is 14.9. The number of thioether (sulfide) groups is 1. The minimum Gasteiger partial charge on any atom is -0.467 e. The molecule has 9 nitrogen and oxygen atoms in total. The number of unbranched alkanes of at least 4 members (excludes halogenated alkanes) is 12. The molecule has 0 saturated carbocycles. The molecule has 0 saturated heterocycles. The monoisotopic (exact) mass is 574 g/mol. The molecule has 0 aromatic rings. The molecule has 0 radical (unpaired) electrons. The first-order valence-electron chi connectivity index (χ1n) is 14.9. The number of ether oxygens (including phenoxy) is 3. The van der Waals surface area contributed by atoms with Gasteiger partial charge in [-0.25, -0.2) is 4.79 Å². The van der Waals surface area contributed by atoms with E-state index in [0.29, 0.717) is 18.6 Å². The predicted molar refractivity (Wildman–Crippen MR) is 156 cm³/mol. The first-order valence-corrected chi connectivity index (χ1v) is 16.0. The smallest absolute Gasteiger partial charge is 0.331 e. The summed E-state index contributed by atoms with van der Waals surface area (Å²) >= 11 is 1.38. The van der Waals surface area contributed by atoms with Gasteiger partial charge in [0.1, 0.15) is 13.2 Å². The summed E-state index contributed by atoms with van der Waals surface area (Å²) in [6.07, 6.45) is 17.7. The van der Waals surface area contributed by atoms with Gasteiger partial charge in [-0.15, -0.1) is 0 Å². The van der Waals surface area contributed by atoms with Crippen LogP contribution in [0.1, 0.15) is 117 Å². The molecular formula is C29H54N2O7S. The van der Waals surface area contributed by atoms with Crippen LogP contribution in [0.4, 0.5) is 0 Å². The Kier molecular flexibility index (Phi) is 25.2. The van der Waals surface area contributed by atoms with Crippen molar-refractivity contribution in [1.82, 2.24) is 5.32 Å². The molecule has 228 valence electrons. The Morgan fingerprint density at radius 1 is 0.744 bits per heavy atom. The van der Waals surface area contributed by atoms with Crippen LogP contribution in [-0.4, -0.2) is 67.7 Å². The fourth-order valence-corrected chi connectivity index (χ4v) is 4.68. The lowest BCUT2D eigenvalue weighted by molar-refractivity contribution is -0.152. The fraction of sp³-hybridized carbons (Fsp3) is 0.862. The van der Waals surface area contributed by atoms with Crippen molar-refractivity contribution in [3.63, 3.8) is 0 Å². The molecule has 39 heavy (non-hydrogen) atoms. The van der Waals surface area contributed by atoms with E-state index in [0.717, 1.165) is 19.3 Å². The summed E-state index contributed by atoms with van der Waals surface area (Å²) in [5, 5.41) is 2.47. The quantitative estimate of drug-likeness (QED) is 0.0824. The van der Waals surface area contributed by atoms with E-state index >= 15 is 0 Å². The maximum atomic E-state index is 12.3. The Bertz CT molecular complexity index is 664. The number of amides is 1. The van der Waals surface area contributed by atoms with E-state index in [9.17, 15) is 19.2 Å². The average Bonchev–Trinajstić information content (AvgIpc) is 2.92. The molecule has 0 spiro atoms. The minimum atomic E-state index is -1.12. The number of nitrogens with one attached hydrogen (secondary N) is 1. The molecule has 0 aliphatic rings. The number of nitrogens with two attached hydrogens (primary N) is 1. The van der Waals surface area contributed by atoms with E-state index < -0.39 is 29.9 Å². The molecule has 1 amide bonds. The van der Waals surface area contributed by atoms with Crippen molar-refractivity contribution in [1.29, 1.82) is 0 Å². The molecule has 0 rings (SSSR count). The van der Waals surface area contributed by atoms with Gasteiger partial charge in [0, 0.05) is 24.3 Å². The highest BCUT2D eigenvalue weighted by Crippen LogP contribution is 2.13. The van der Waals surface area contributed by atoms with Gasteiger partial charge in [-0.1, -0.05) is 90.9 Å². The van der Waals surface area contributed by atoms with Crippen LogP contribution in [0.5, 0.6) is 0 Å². The van der Waals surface area contributed by atoms with Gasteiger partial charge in [0.15, 0.2) is 6.04 Å². The maximum Gasteiger partial charge on any atom is 0.331 e. The van der Waals surface area contributed by atoms with Gasteiger partial charge in [0.05, 0.1) is 13.2 Å². The molecule has 0 aromatic carbocycles. The van der Waals surface area contributed by atoms with Gasteiger partial charge in [-0.05, 0) is 12.8 Å². The van der Waals surface area contributed by atoms with Crippen LogP contribution >= 0.6 is 11.8 Å². The van der Waals surface area contributed by atoms with Gasteiger partial charge >= 0.3 is 17.9 Å². The Balaban J connectivity index is 3.79. The number of hydrogen-bond donors (Lipinski definition) is 2. The number of methoxy groups -OCH3 is 1. The van der Waals surface area contributed by atoms with Crippen molar-refractivity contribution < 1.29 is 33.4 Å². The van der Waals surface area contributed by atoms with E-state index in [1.54, 1.807) is 0 Å². The zero-order valence-electron chi connectivity index (χ0n) is 24.6. The van der Waals surface area contributed by atoms with Crippen LogP contribution in [-0.2, 0) is 33.4 Å². The van der Waals surface area contributed by atoms with Crippen molar-refractivity contribution in [2.24, 2.45) is 5.73 Å². The highest BCUT2D eigenvalue weighted by molar-refractivity contribution is 7.99. The topological polar surface area (TPSA) is 134 Å². The molecule has 2 atom stereocenters. The van der Waals surface area contributed by atoms with Crippen LogP contribution in [0.15, 0.2) is 0 Å². The van der Waals surface area contributed by atoms with Crippen LogP contribution in [0.25, 0.3) is 0 Å². The van der Waals surface area contributed by atoms with Gasteiger partial charge in [-0.2, -0.15) is 11.8 Å². The van der Waals surface area contributed by atoms with Gasteiger partial charge in [0.25, 0.3) is 0 Å². The molecule has 0 aliphatic heterocycles. The van der Waals surface area contributed by atoms with Gasteiger partial charge in [-0.3, -0.25) is 14.4 Å². The van der Waals surface area contributed by atoms with E-state index in [4.69, 9.17) is 15.2 Å². The van der Waals surface area contributed by atoms with Crippen LogP contribution < -0.4 is 11.1 Å². The number of carbonyl (C=O) groups excluding carboxylic acids is 4.